The first kappa shape index (κ1) is 12.8. The average Bonchev–Trinajstić information content (AvgIpc) is 2.86. The number of thiocarbonyl (C=S) groups is 1. The lowest BCUT2D eigenvalue weighted by Gasteiger charge is -2.39. The number of isothiocyanates is 1. The van der Waals surface area contributed by atoms with Crippen LogP contribution in [0.5, 0.6) is 0 Å². The van der Waals surface area contributed by atoms with Crippen molar-refractivity contribution in [3.8, 4) is 0 Å². The van der Waals surface area contributed by atoms with E-state index in [9.17, 15) is 0 Å². The monoisotopic (exact) mass is 263 g/mol. The van der Waals surface area contributed by atoms with Crippen molar-refractivity contribution in [2.75, 3.05) is 0 Å². The van der Waals surface area contributed by atoms with E-state index in [1.807, 2.05) is 0 Å². The number of hydrogen-bond acceptors (Lipinski definition) is 2. The highest BCUT2D eigenvalue weighted by Crippen LogP contribution is 2.79. The van der Waals surface area contributed by atoms with Gasteiger partial charge in [0.15, 0.2) is 0 Å². The van der Waals surface area contributed by atoms with Crippen molar-refractivity contribution in [2.24, 2.45) is 40.0 Å². The first-order chi connectivity index (χ1) is 8.45. The van der Waals surface area contributed by atoms with Crippen molar-refractivity contribution in [3.63, 3.8) is 0 Å². The molecule has 3 rings (SSSR count). The summed E-state index contributed by atoms with van der Waals surface area (Å²) in [5.41, 5.74) is 0.695. The molecule has 3 aliphatic rings. The van der Waals surface area contributed by atoms with Gasteiger partial charge < -0.3 is 0 Å². The summed E-state index contributed by atoms with van der Waals surface area (Å²) in [5.74, 6) is 4.51. The second-order valence-corrected chi connectivity index (χ2v) is 7.80. The molecule has 3 aliphatic carbocycles. The Labute approximate surface area is 116 Å². The molecule has 0 amide bonds. The molecule has 0 N–H and O–H groups in total. The molecule has 0 aromatic heterocycles. The van der Waals surface area contributed by atoms with Crippen LogP contribution in [0.3, 0.4) is 0 Å². The van der Waals surface area contributed by atoms with Gasteiger partial charge in [0, 0.05) is 0 Å². The molecule has 0 aliphatic heterocycles. The highest BCUT2D eigenvalue weighted by Gasteiger charge is 2.75. The van der Waals surface area contributed by atoms with E-state index in [4.69, 9.17) is 12.2 Å². The molecule has 0 aromatic rings. The summed E-state index contributed by atoms with van der Waals surface area (Å²) in [5, 5.41) is 2.64. The fourth-order valence-electron chi connectivity index (χ4n) is 5.79. The molecule has 2 heteroatoms. The Kier molecular flexibility index (Phi) is 2.78. The van der Waals surface area contributed by atoms with Gasteiger partial charge in [-0.25, -0.2) is 4.99 Å². The Balaban J connectivity index is 1.91. The summed E-state index contributed by atoms with van der Waals surface area (Å²) in [6.45, 7) is 9.49. The zero-order chi connectivity index (χ0) is 13.1. The van der Waals surface area contributed by atoms with Crippen LogP contribution < -0.4 is 0 Å². The topological polar surface area (TPSA) is 12.4 Å². The molecule has 0 bridgehead atoms. The average molecular weight is 263 g/mol. The third-order valence-corrected chi connectivity index (χ3v) is 6.76. The molecule has 18 heavy (non-hydrogen) atoms. The first-order valence-corrected chi connectivity index (χ1v) is 7.95. The van der Waals surface area contributed by atoms with E-state index in [0.717, 1.165) is 29.6 Å². The lowest BCUT2D eigenvalue weighted by molar-refractivity contribution is 0.125. The Morgan fingerprint density at radius 1 is 1.17 bits per heavy atom. The Morgan fingerprint density at radius 2 is 1.89 bits per heavy atom. The lowest BCUT2D eigenvalue weighted by atomic mass is 9.67. The maximum atomic E-state index is 4.85. The van der Waals surface area contributed by atoms with E-state index >= 15 is 0 Å². The summed E-state index contributed by atoms with van der Waals surface area (Å²) in [4.78, 5) is 4.50. The first-order valence-electron chi connectivity index (χ1n) is 7.54. The van der Waals surface area contributed by atoms with E-state index in [1.54, 1.807) is 0 Å². The maximum absolute atomic E-state index is 4.85. The molecule has 3 fully saturated rings. The van der Waals surface area contributed by atoms with E-state index in [2.05, 4.69) is 37.8 Å². The van der Waals surface area contributed by atoms with Gasteiger partial charge in [-0.05, 0) is 86.8 Å². The molecule has 100 valence electrons. The van der Waals surface area contributed by atoms with Crippen molar-refractivity contribution >= 4 is 17.4 Å². The van der Waals surface area contributed by atoms with E-state index in [1.165, 1.54) is 25.7 Å². The zero-order valence-electron chi connectivity index (χ0n) is 12.1. The number of nitrogens with zero attached hydrogens (tertiary/aromatic N) is 1. The summed E-state index contributed by atoms with van der Waals surface area (Å²) < 4.78 is 0. The van der Waals surface area contributed by atoms with Gasteiger partial charge in [-0.1, -0.05) is 13.8 Å². The van der Waals surface area contributed by atoms with Crippen LogP contribution in [0.1, 0.15) is 53.4 Å². The molecule has 1 spiro atoms. The van der Waals surface area contributed by atoms with Crippen LogP contribution in [0, 0.1) is 35.0 Å². The highest BCUT2D eigenvalue weighted by molar-refractivity contribution is 7.78. The van der Waals surface area contributed by atoms with Gasteiger partial charge >= 0.3 is 0 Å². The normalized spacial score (nSPS) is 50.1. The van der Waals surface area contributed by atoms with Gasteiger partial charge in [-0.3, -0.25) is 0 Å². The SMILES string of the molecule is CC1CCC23C(C)CCC(C(C)(C)N=C=S)C2C13. The van der Waals surface area contributed by atoms with Crippen LogP contribution in [0.2, 0.25) is 0 Å². The fourth-order valence-corrected chi connectivity index (χ4v) is 6.03. The third-order valence-electron chi connectivity index (χ3n) is 6.67. The van der Waals surface area contributed by atoms with Gasteiger partial charge in [0.25, 0.3) is 0 Å². The quantitative estimate of drug-likeness (QED) is 0.525. The third kappa shape index (κ3) is 1.45. The second kappa shape index (κ2) is 3.90. The number of rotatable bonds is 2. The standard InChI is InChI=1S/C16H25NS/c1-10-7-8-16-11(2)5-6-12(14(16)13(10)16)15(3,4)17-9-18/h10-14H,5-8H2,1-4H3. The van der Waals surface area contributed by atoms with E-state index in [0.29, 0.717) is 5.41 Å². The van der Waals surface area contributed by atoms with Crippen LogP contribution >= 0.6 is 12.2 Å². The molecular weight excluding hydrogens is 238 g/mol. The van der Waals surface area contributed by atoms with Crippen molar-refractivity contribution in [2.45, 2.75) is 58.9 Å². The van der Waals surface area contributed by atoms with Gasteiger partial charge in [0.1, 0.15) is 0 Å². The van der Waals surface area contributed by atoms with Crippen molar-refractivity contribution < 1.29 is 0 Å². The minimum atomic E-state index is 0.00359. The van der Waals surface area contributed by atoms with Crippen LogP contribution in [0.4, 0.5) is 0 Å². The molecule has 3 saturated carbocycles. The van der Waals surface area contributed by atoms with E-state index in [-0.39, 0.29) is 5.54 Å². The predicted molar refractivity (Wildman–Crippen MR) is 78.8 cm³/mol. The van der Waals surface area contributed by atoms with Crippen LogP contribution in [0.25, 0.3) is 0 Å². The van der Waals surface area contributed by atoms with Crippen LogP contribution in [-0.4, -0.2) is 10.7 Å². The Hall–Kier alpha value is -0.200. The Morgan fingerprint density at radius 3 is 2.56 bits per heavy atom. The molecular formula is C16H25NS. The zero-order valence-corrected chi connectivity index (χ0v) is 12.9. The van der Waals surface area contributed by atoms with Crippen molar-refractivity contribution in [1.82, 2.24) is 0 Å². The van der Waals surface area contributed by atoms with Crippen LogP contribution in [0.15, 0.2) is 4.99 Å². The number of hydrogen-bond donors (Lipinski definition) is 0. The molecule has 6 atom stereocenters. The summed E-state index contributed by atoms with van der Waals surface area (Å²) in [6.07, 6.45) is 5.65. The maximum Gasteiger partial charge on any atom is 0.0685 e. The van der Waals surface area contributed by atoms with Gasteiger partial charge in [0.2, 0.25) is 0 Å². The fraction of sp³-hybridized carbons (Fsp3) is 0.938. The molecule has 0 saturated heterocycles. The summed E-state index contributed by atoms with van der Waals surface area (Å²) in [6, 6.07) is 0. The molecule has 6 unspecified atom stereocenters. The van der Waals surface area contributed by atoms with E-state index < -0.39 is 0 Å². The summed E-state index contributed by atoms with van der Waals surface area (Å²) >= 11 is 4.85. The van der Waals surface area contributed by atoms with Crippen molar-refractivity contribution in [1.29, 1.82) is 0 Å². The van der Waals surface area contributed by atoms with Gasteiger partial charge in [0.05, 0.1) is 10.7 Å². The summed E-state index contributed by atoms with van der Waals surface area (Å²) in [7, 11) is 0. The minimum Gasteiger partial charge on any atom is -0.226 e. The van der Waals surface area contributed by atoms with Crippen LogP contribution in [-0.2, 0) is 0 Å². The molecule has 0 aromatic carbocycles. The molecule has 0 heterocycles. The molecule has 0 radical (unpaired) electrons. The number of fused-ring (bicyclic) bond motifs is 1. The largest absolute Gasteiger partial charge is 0.226 e. The Bertz CT molecular complexity index is 409. The second-order valence-electron chi connectivity index (χ2n) is 7.62. The highest BCUT2D eigenvalue weighted by atomic mass is 32.1. The molecule has 1 nitrogen and oxygen atoms in total. The lowest BCUT2D eigenvalue weighted by Crippen LogP contribution is -2.37. The minimum absolute atomic E-state index is 0.00359. The smallest absolute Gasteiger partial charge is 0.0685 e. The number of aliphatic imine (C=N–C) groups is 1. The van der Waals surface area contributed by atoms with Gasteiger partial charge in [-0.2, -0.15) is 0 Å². The van der Waals surface area contributed by atoms with Gasteiger partial charge in [-0.15, -0.1) is 0 Å². The van der Waals surface area contributed by atoms with Crippen molar-refractivity contribution in [3.05, 3.63) is 0 Å². The predicted octanol–water partition coefficient (Wildman–Crippen LogP) is 4.58.